The molecule has 0 spiro atoms. The maximum absolute atomic E-state index is 12.2. The fourth-order valence-electron chi connectivity index (χ4n) is 2.72. The Morgan fingerprint density at radius 2 is 1.61 bits per heavy atom. The molecule has 0 aromatic heterocycles. The summed E-state index contributed by atoms with van der Waals surface area (Å²) in [6.07, 6.45) is 3.08. The van der Waals surface area contributed by atoms with Gasteiger partial charge in [-0.2, -0.15) is 0 Å². The van der Waals surface area contributed by atoms with Crippen LogP contribution in [-0.2, 0) is 9.59 Å². The van der Waals surface area contributed by atoms with E-state index in [1.807, 2.05) is 18.2 Å². The van der Waals surface area contributed by atoms with Crippen molar-refractivity contribution in [2.75, 3.05) is 24.4 Å². The van der Waals surface area contributed by atoms with Crippen molar-refractivity contribution < 1.29 is 19.1 Å². The zero-order valence-electron chi connectivity index (χ0n) is 16.8. The Labute approximate surface area is 185 Å². The zero-order chi connectivity index (χ0) is 22.1. The van der Waals surface area contributed by atoms with Crippen molar-refractivity contribution in [2.45, 2.75) is 0 Å². The highest BCUT2D eigenvalue weighted by molar-refractivity contribution is 6.30. The van der Waals surface area contributed by atoms with Crippen LogP contribution in [-0.4, -0.2) is 25.5 Å². The number of anilines is 2. The Kier molecular flexibility index (Phi) is 7.67. The van der Waals surface area contributed by atoms with Gasteiger partial charge in [-0.15, -0.1) is 0 Å². The minimum Gasteiger partial charge on any atom is -0.493 e. The van der Waals surface area contributed by atoms with Crippen molar-refractivity contribution >= 4 is 40.9 Å². The Morgan fingerprint density at radius 1 is 0.903 bits per heavy atom. The van der Waals surface area contributed by atoms with Gasteiger partial charge in [0.1, 0.15) is 0 Å². The number of rotatable bonds is 8. The Hall–Kier alpha value is -3.77. The molecule has 3 aromatic carbocycles. The molecular weight excluding hydrogens is 416 g/mol. The Bertz CT molecular complexity index is 1100. The van der Waals surface area contributed by atoms with Gasteiger partial charge < -0.3 is 20.1 Å². The first-order valence-corrected chi connectivity index (χ1v) is 9.81. The number of para-hydroxylation sites is 2. The number of methoxy groups -OCH3 is 1. The predicted molar refractivity (Wildman–Crippen MR) is 123 cm³/mol. The maximum Gasteiger partial charge on any atom is 0.262 e. The molecule has 0 radical (unpaired) electrons. The largest absolute Gasteiger partial charge is 0.493 e. The van der Waals surface area contributed by atoms with E-state index >= 15 is 0 Å². The van der Waals surface area contributed by atoms with Crippen molar-refractivity contribution in [3.05, 3.63) is 89.5 Å². The van der Waals surface area contributed by atoms with E-state index in [0.29, 0.717) is 27.9 Å². The molecule has 3 rings (SSSR count). The lowest BCUT2D eigenvalue weighted by atomic mass is 10.2. The van der Waals surface area contributed by atoms with Gasteiger partial charge >= 0.3 is 0 Å². The van der Waals surface area contributed by atoms with Gasteiger partial charge in [-0.1, -0.05) is 41.9 Å². The van der Waals surface area contributed by atoms with Crippen molar-refractivity contribution in [3.63, 3.8) is 0 Å². The summed E-state index contributed by atoms with van der Waals surface area (Å²) in [5.74, 6) is 0.386. The second-order valence-corrected chi connectivity index (χ2v) is 6.88. The maximum atomic E-state index is 12.2. The van der Waals surface area contributed by atoms with Crippen LogP contribution in [0.15, 0.2) is 78.9 Å². The molecule has 7 heteroatoms. The topological polar surface area (TPSA) is 76.7 Å². The summed E-state index contributed by atoms with van der Waals surface area (Å²) in [5, 5.41) is 6.09. The fraction of sp³-hybridized carbons (Fsp3) is 0.0833. The third-order valence-electron chi connectivity index (χ3n) is 4.12. The average Bonchev–Trinajstić information content (AvgIpc) is 2.77. The van der Waals surface area contributed by atoms with Crippen molar-refractivity contribution in [3.8, 4) is 11.5 Å². The quantitative estimate of drug-likeness (QED) is 0.486. The van der Waals surface area contributed by atoms with Gasteiger partial charge in [-0.3, -0.25) is 9.59 Å². The van der Waals surface area contributed by atoms with Gasteiger partial charge in [0.2, 0.25) is 5.91 Å². The van der Waals surface area contributed by atoms with Crippen molar-refractivity contribution in [1.29, 1.82) is 0 Å². The van der Waals surface area contributed by atoms with Crippen molar-refractivity contribution in [1.82, 2.24) is 0 Å². The molecule has 0 unspecified atom stereocenters. The molecule has 31 heavy (non-hydrogen) atoms. The Balaban J connectivity index is 1.54. The lowest BCUT2D eigenvalue weighted by Crippen LogP contribution is -2.20. The van der Waals surface area contributed by atoms with E-state index in [1.165, 1.54) is 13.2 Å². The number of nitrogens with one attached hydrogen (secondary N) is 2. The molecule has 0 bridgehead atoms. The van der Waals surface area contributed by atoms with Gasteiger partial charge in [-0.25, -0.2) is 0 Å². The van der Waals surface area contributed by atoms with Crippen LogP contribution in [0.4, 0.5) is 11.4 Å². The molecule has 0 heterocycles. The van der Waals surface area contributed by atoms with Gasteiger partial charge in [-0.05, 0) is 54.1 Å². The minimum absolute atomic E-state index is 0.181. The standard InChI is InChI=1S/C24H21ClN2O4/c1-30-21-10-2-3-11-22(21)31-16-24(29)27-20-9-5-8-19(15-20)26-23(28)13-12-17-6-4-7-18(25)14-17/h2-15H,16H2,1H3,(H,26,28)(H,27,29)/b13-12+. The van der Waals surface area contributed by atoms with E-state index in [9.17, 15) is 9.59 Å². The summed E-state index contributed by atoms with van der Waals surface area (Å²) < 4.78 is 10.7. The SMILES string of the molecule is COc1ccccc1OCC(=O)Nc1cccc(NC(=O)/C=C/c2cccc(Cl)c2)c1. The lowest BCUT2D eigenvalue weighted by molar-refractivity contribution is -0.118. The number of benzene rings is 3. The summed E-state index contributed by atoms with van der Waals surface area (Å²) in [6, 6.07) is 21.1. The third-order valence-corrected chi connectivity index (χ3v) is 4.35. The molecule has 3 aromatic rings. The molecule has 0 aliphatic carbocycles. The highest BCUT2D eigenvalue weighted by atomic mass is 35.5. The number of hydrogen-bond donors (Lipinski definition) is 2. The summed E-state index contributed by atoms with van der Waals surface area (Å²) >= 11 is 5.94. The number of carbonyl (C=O) groups is 2. The van der Waals surface area contributed by atoms with Gasteiger partial charge in [0.05, 0.1) is 7.11 Å². The second kappa shape index (κ2) is 10.8. The van der Waals surface area contributed by atoms with E-state index in [2.05, 4.69) is 10.6 Å². The molecule has 2 amide bonds. The van der Waals surface area contributed by atoms with Crippen LogP contribution in [0, 0.1) is 0 Å². The zero-order valence-corrected chi connectivity index (χ0v) is 17.6. The minimum atomic E-state index is -0.338. The van der Waals surface area contributed by atoms with E-state index in [0.717, 1.165) is 5.56 Å². The molecule has 158 valence electrons. The molecule has 0 saturated heterocycles. The van der Waals surface area contributed by atoms with Crippen LogP contribution in [0.3, 0.4) is 0 Å². The average molecular weight is 437 g/mol. The summed E-state index contributed by atoms with van der Waals surface area (Å²) in [4.78, 5) is 24.4. The molecular formula is C24H21ClN2O4. The second-order valence-electron chi connectivity index (χ2n) is 6.45. The normalized spacial score (nSPS) is 10.5. The van der Waals surface area contributed by atoms with Crippen LogP contribution in [0.2, 0.25) is 5.02 Å². The summed E-state index contributed by atoms with van der Waals surface area (Å²) in [7, 11) is 1.53. The smallest absolute Gasteiger partial charge is 0.262 e. The van der Waals surface area contributed by atoms with Gasteiger partial charge in [0.25, 0.3) is 5.91 Å². The summed E-state index contributed by atoms with van der Waals surface area (Å²) in [6.45, 7) is -0.181. The number of halogens is 1. The van der Waals surface area contributed by atoms with Gasteiger partial charge in [0, 0.05) is 22.5 Å². The van der Waals surface area contributed by atoms with Crippen LogP contribution in [0.5, 0.6) is 11.5 Å². The molecule has 0 aliphatic rings. The van der Waals surface area contributed by atoms with E-state index in [1.54, 1.807) is 60.7 Å². The molecule has 0 aliphatic heterocycles. The molecule has 0 atom stereocenters. The van der Waals surface area contributed by atoms with Crippen LogP contribution < -0.4 is 20.1 Å². The first kappa shape index (κ1) is 21.9. The first-order chi connectivity index (χ1) is 15.0. The molecule has 0 fully saturated rings. The predicted octanol–water partition coefficient (Wildman–Crippen LogP) is 5.02. The number of hydrogen-bond acceptors (Lipinski definition) is 4. The molecule has 2 N–H and O–H groups in total. The highest BCUT2D eigenvalue weighted by Gasteiger charge is 2.08. The number of ether oxygens (including phenoxy) is 2. The van der Waals surface area contributed by atoms with E-state index in [4.69, 9.17) is 21.1 Å². The third kappa shape index (κ3) is 6.90. The van der Waals surface area contributed by atoms with Crippen molar-refractivity contribution in [2.24, 2.45) is 0 Å². The summed E-state index contributed by atoms with van der Waals surface area (Å²) in [5.41, 5.74) is 1.90. The highest BCUT2D eigenvalue weighted by Crippen LogP contribution is 2.25. The molecule has 0 saturated carbocycles. The van der Waals surface area contributed by atoms with Crippen LogP contribution in [0.1, 0.15) is 5.56 Å². The lowest BCUT2D eigenvalue weighted by Gasteiger charge is -2.11. The Morgan fingerprint density at radius 3 is 2.35 bits per heavy atom. The first-order valence-electron chi connectivity index (χ1n) is 9.44. The van der Waals surface area contributed by atoms with E-state index < -0.39 is 0 Å². The van der Waals surface area contributed by atoms with E-state index in [-0.39, 0.29) is 18.4 Å². The molecule has 6 nitrogen and oxygen atoms in total. The monoisotopic (exact) mass is 436 g/mol. The van der Waals surface area contributed by atoms with Crippen LogP contribution in [0.25, 0.3) is 6.08 Å². The number of amides is 2. The van der Waals surface area contributed by atoms with Gasteiger partial charge in [0.15, 0.2) is 18.1 Å². The fourth-order valence-corrected chi connectivity index (χ4v) is 2.92. The number of carbonyl (C=O) groups excluding carboxylic acids is 2. The van der Waals surface area contributed by atoms with Crippen LogP contribution >= 0.6 is 11.6 Å².